The molecule has 1 aromatic heterocycles. The summed E-state index contributed by atoms with van der Waals surface area (Å²) >= 11 is 0. The highest BCUT2D eigenvalue weighted by Crippen LogP contribution is 2.25. The molecule has 1 saturated heterocycles. The molecule has 6 heteroatoms. The van der Waals surface area contributed by atoms with Crippen molar-refractivity contribution in [3.63, 3.8) is 0 Å². The summed E-state index contributed by atoms with van der Waals surface area (Å²) in [6, 6.07) is 0. The van der Waals surface area contributed by atoms with Crippen molar-refractivity contribution in [1.29, 1.82) is 0 Å². The van der Waals surface area contributed by atoms with Gasteiger partial charge in [-0.25, -0.2) is 0 Å². The highest BCUT2D eigenvalue weighted by atomic mass is 16.4. The zero-order valence-electron chi connectivity index (χ0n) is 10.5. The number of carbonyl (C=O) groups is 1. The molecule has 0 radical (unpaired) electrons. The summed E-state index contributed by atoms with van der Waals surface area (Å²) in [6.45, 7) is 4.83. The van der Waals surface area contributed by atoms with Crippen LogP contribution in [0.4, 0.5) is 0 Å². The van der Waals surface area contributed by atoms with E-state index in [1.54, 1.807) is 17.8 Å². The number of likely N-dealkylation sites (tertiary alicyclic amines) is 1. The summed E-state index contributed by atoms with van der Waals surface area (Å²) in [6.07, 6.45) is 3.72. The fraction of sp³-hybridized carbons (Fsp3) is 0.667. The van der Waals surface area contributed by atoms with Gasteiger partial charge >= 0.3 is 5.97 Å². The smallest absolute Gasteiger partial charge is 0.306 e. The Labute approximate surface area is 106 Å². The number of carboxylic acids is 1. The van der Waals surface area contributed by atoms with Crippen molar-refractivity contribution in [2.24, 2.45) is 11.8 Å². The van der Waals surface area contributed by atoms with E-state index in [0.29, 0.717) is 6.54 Å². The second kappa shape index (κ2) is 5.49. The maximum absolute atomic E-state index is 10.8. The Hall–Kier alpha value is -1.40. The van der Waals surface area contributed by atoms with Gasteiger partial charge in [0.05, 0.1) is 25.3 Å². The van der Waals surface area contributed by atoms with Crippen molar-refractivity contribution in [2.75, 3.05) is 19.7 Å². The van der Waals surface area contributed by atoms with Crippen molar-refractivity contribution < 1.29 is 15.0 Å². The van der Waals surface area contributed by atoms with Crippen molar-refractivity contribution in [3.8, 4) is 0 Å². The summed E-state index contributed by atoms with van der Waals surface area (Å²) in [4.78, 5) is 13.0. The van der Waals surface area contributed by atoms with Gasteiger partial charge in [-0.2, -0.15) is 5.10 Å². The lowest BCUT2D eigenvalue weighted by Gasteiger charge is -2.41. The molecule has 0 bridgehead atoms. The fourth-order valence-corrected chi connectivity index (χ4v) is 2.23. The van der Waals surface area contributed by atoms with Crippen LogP contribution in [0.2, 0.25) is 0 Å². The van der Waals surface area contributed by atoms with Gasteiger partial charge in [-0.15, -0.1) is 0 Å². The van der Waals surface area contributed by atoms with Gasteiger partial charge in [0.15, 0.2) is 0 Å². The summed E-state index contributed by atoms with van der Waals surface area (Å²) < 4.78 is 1.71. The quantitative estimate of drug-likeness (QED) is 0.747. The Morgan fingerprint density at radius 2 is 2.33 bits per heavy atom. The lowest BCUT2D eigenvalue weighted by molar-refractivity contribution is -0.145. The van der Waals surface area contributed by atoms with E-state index in [0.717, 1.165) is 25.2 Å². The van der Waals surface area contributed by atoms with E-state index in [1.807, 2.05) is 6.20 Å². The Kier molecular flexibility index (Phi) is 3.98. The predicted octanol–water partition coefficient (Wildman–Crippen LogP) is 0.0279. The molecule has 2 rings (SSSR count). The number of aliphatic hydroxyl groups is 1. The SMILES string of the molecule is CC(C(=O)O)C1CN(Cc2cnn(CCO)c2)C1. The van der Waals surface area contributed by atoms with Crippen LogP contribution >= 0.6 is 0 Å². The van der Waals surface area contributed by atoms with Gasteiger partial charge in [0.2, 0.25) is 0 Å². The van der Waals surface area contributed by atoms with E-state index in [4.69, 9.17) is 10.2 Å². The molecule has 1 fully saturated rings. The molecular weight excluding hydrogens is 234 g/mol. The molecule has 0 aromatic carbocycles. The summed E-state index contributed by atoms with van der Waals surface area (Å²) in [5, 5.41) is 21.8. The molecule has 6 nitrogen and oxygen atoms in total. The van der Waals surface area contributed by atoms with Gasteiger partial charge in [0, 0.05) is 31.4 Å². The summed E-state index contributed by atoms with van der Waals surface area (Å²) in [5.41, 5.74) is 1.10. The van der Waals surface area contributed by atoms with Crippen LogP contribution in [0.15, 0.2) is 12.4 Å². The van der Waals surface area contributed by atoms with Crippen LogP contribution in [-0.4, -0.2) is 50.6 Å². The van der Waals surface area contributed by atoms with Crippen LogP contribution in [0, 0.1) is 11.8 Å². The minimum absolute atomic E-state index is 0.0863. The Morgan fingerprint density at radius 1 is 1.61 bits per heavy atom. The second-order valence-electron chi connectivity index (χ2n) is 4.92. The first-order valence-corrected chi connectivity index (χ1v) is 6.17. The molecule has 2 N–H and O–H groups in total. The predicted molar refractivity (Wildman–Crippen MR) is 64.9 cm³/mol. The third-order valence-electron chi connectivity index (χ3n) is 3.50. The van der Waals surface area contributed by atoms with Gasteiger partial charge in [0.25, 0.3) is 0 Å². The van der Waals surface area contributed by atoms with E-state index < -0.39 is 5.97 Å². The average molecular weight is 253 g/mol. The molecule has 2 heterocycles. The molecule has 0 aliphatic carbocycles. The highest BCUT2D eigenvalue weighted by molar-refractivity contribution is 5.70. The fourth-order valence-electron chi connectivity index (χ4n) is 2.23. The lowest BCUT2D eigenvalue weighted by atomic mass is 9.87. The molecular formula is C12H19N3O3. The normalized spacial score (nSPS) is 18.6. The summed E-state index contributed by atoms with van der Waals surface area (Å²) in [7, 11) is 0. The van der Waals surface area contributed by atoms with Crippen molar-refractivity contribution in [3.05, 3.63) is 18.0 Å². The van der Waals surface area contributed by atoms with Gasteiger partial charge in [-0.3, -0.25) is 14.4 Å². The van der Waals surface area contributed by atoms with Crippen LogP contribution in [0.25, 0.3) is 0 Å². The number of aliphatic hydroxyl groups excluding tert-OH is 1. The number of carboxylic acid groups (broad SMARTS) is 1. The maximum atomic E-state index is 10.8. The van der Waals surface area contributed by atoms with E-state index in [-0.39, 0.29) is 18.4 Å². The first-order chi connectivity index (χ1) is 8.60. The van der Waals surface area contributed by atoms with Crippen LogP contribution in [0.3, 0.4) is 0 Å². The van der Waals surface area contributed by atoms with Gasteiger partial charge < -0.3 is 10.2 Å². The number of hydrogen-bond donors (Lipinski definition) is 2. The van der Waals surface area contributed by atoms with Crippen LogP contribution in [0.1, 0.15) is 12.5 Å². The Morgan fingerprint density at radius 3 is 2.94 bits per heavy atom. The van der Waals surface area contributed by atoms with E-state index in [1.165, 1.54) is 0 Å². The molecule has 0 spiro atoms. The highest BCUT2D eigenvalue weighted by Gasteiger charge is 2.34. The number of aromatic nitrogens is 2. The van der Waals surface area contributed by atoms with Crippen LogP contribution in [0.5, 0.6) is 0 Å². The van der Waals surface area contributed by atoms with Gasteiger partial charge in [0.1, 0.15) is 0 Å². The Balaban J connectivity index is 1.77. The van der Waals surface area contributed by atoms with E-state index >= 15 is 0 Å². The molecule has 0 amide bonds. The number of rotatable bonds is 6. The number of aliphatic carboxylic acids is 1. The van der Waals surface area contributed by atoms with Gasteiger partial charge in [-0.1, -0.05) is 6.92 Å². The maximum Gasteiger partial charge on any atom is 0.306 e. The molecule has 1 unspecified atom stereocenters. The van der Waals surface area contributed by atoms with E-state index in [9.17, 15) is 4.79 Å². The molecule has 1 aliphatic rings. The standard InChI is InChI=1S/C12H19N3O3/c1-9(12(17)18)11-7-14(8-11)5-10-4-13-15(6-10)2-3-16/h4,6,9,11,16H,2-3,5,7-8H2,1H3,(H,17,18). The number of nitrogens with zero attached hydrogens (tertiary/aromatic N) is 3. The minimum atomic E-state index is -0.713. The molecule has 100 valence electrons. The zero-order chi connectivity index (χ0) is 13.1. The first kappa shape index (κ1) is 13.0. The molecule has 18 heavy (non-hydrogen) atoms. The monoisotopic (exact) mass is 253 g/mol. The van der Waals surface area contributed by atoms with Crippen LogP contribution < -0.4 is 0 Å². The van der Waals surface area contributed by atoms with Gasteiger partial charge in [-0.05, 0) is 5.92 Å². The minimum Gasteiger partial charge on any atom is -0.481 e. The average Bonchev–Trinajstić information content (AvgIpc) is 2.70. The van der Waals surface area contributed by atoms with E-state index in [2.05, 4.69) is 10.00 Å². The molecule has 1 aromatic rings. The third kappa shape index (κ3) is 2.88. The zero-order valence-corrected chi connectivity index (χ0v) is 10.5. The topological polar surface area (TPSA) is 78.6 Å². The third-order valence-corrected chi connectivity index (χ3v) is 3.50. The molecule has 1 aliphatic heterocycles. The summed E-state index contributed by atoms with van der Waals surface area (Å²) in [5.74, 6) is -0.719. The van der Waals surface area contributed by atoms with Crippen molar-refractivity contribution in [1.82, 2.24) is 14.7 Å². The molecule has 0 saturated carbocycles. The van der Waals surface area contributed by atoms with Crippen molar-refractivity contribution >= 4 is 5.97 Å². The lowest BCUT2D eigenvalue weighted by Crippen LogP contribution is -2.50. The van der Waals surface area contributed by atoms with Crippen LogP contribution in [-0.2, 0) is 17.9 Å². The first-order valence-electron chi connectivity index (χ1n) is 6.17. The Bertz CT molecular complexity index is 412. The largest absolute Gasteiger partial charge is 0.481 e. The second-order valence-corrected chi connectivity index (χ2v) is 4.92. The molecule has 1 atom stereocenters. The number of hydrogen-bond acceptors (Lipinski definition) is 4. The van der Waals surface area contributed by atoms with Crippen molar-refractivity contribution in [2.45, 2.75) is 20.0 Å².